The van der Waals surface area contributed by atoms with E-state index < -0.39 is 15.8 Å². The molecule has 2 aromatic carbocycles. The van der Waals surface area contributed by atoms with E-state index in [9.17, 15) is 12.8 Å². The van der Waals surface area contributed by atoms with Gasteiger partial charge < -0.3 is 0 Å². The van der Waals surface area contributed by atoms with Gasteiger partial charge in [-0.2, -0.15) is 4.31 Å². The Morgan fingerprint density at radius 1 is 1.10 bits per heavy atom. The second kappa shape index (κ2) is 6.03. The van der Waals surface area contributed by atoms with Crippen molar-refractivity contribution in [3.05, 3.63) is 64.4 Å². The molecule has 2 rings (SSSR count). The van der Waals surface area contributed by atoms with E-state index in [1.165, 1.54) is 25.2 Å². The summed E-state index contributed by atoms with van der Waals surface area (Å²) in [7, 11) is -2.42. The van der Waals surface area contributed by atoms with E-state index in [4.69, 9.17) is 0 Å². The van der Waals surface area contributed by atoms with Crippen molar-refractivity contribution >= 4 is 26.0 Å². The third-order valence-electron chi connectivity index (χ3n) is 2.88. The Kier molecular flexibility index (Phi) is 4.57. The van der Waals surface area contributed by atoms with Gasteiger partial charge in [0.2, 0.25) is 10.0 Å². The van der Waals surface area contributed by atoms with Gasteiger partial charge in [0.25, 0.3) is 0 Å². The SMILES string of the molecule is CN(Cc1ccccc1Br)S(=O)(=O)c1ccccc1F. The standard InChI is InChI=1S/C14H13BrFNO2S/c1-17(10-11-6-2-3-7-12(11)15)20(18,19)14-9-5-4-8-13(14)16/h2-9H,10H2,1H3. The molecule has 0 saturated heterocycles. The summed E-state index contributed by atoms with van der Waals surface area (Å²) >= 11 is 3.37. The van der Waals surface area contributed by atoms with E-state index in [1.807, 2.05) is 24.3 Å². The van der Waals surface area contributed by atoms with Crippen LogP contribution < -0.4 is 0 Å². The predicted molar refractivity (Wildman–Crippen MR) is 79.2 cm³/mol. The zero-order chi connectivity index (χ0) is 14.8. The molecule has 0 fully saturated rings. The molecule has 0 amide bonds. The highest BCUT2D eigenvalue weighted by Gasteiger charge is 2.24. The average molecular weight is 358 g/mol. The average Bonchev–Trinajstić information content (AvgIpc) is 2.41. The molecule has 0 bridgehead atoms. The molecule has 0 atom stereocenters. The predicted octanol–water partition coefficient (Wildman–Crippen LogP) is 3.41. The molecule has 6 heteroatoms. The van der Waals surface area contributed by atoms with Crippen LogP contribution in [0, 0.1) is 5.82 Å². The van der Waals surface area contributed by atoms with Crippen LogP contribution in [0.4, 0.5) is 4.39 Å². The first-order chi connectivity index (χ1) is 9.43. The van der Waals surface area contributed by atoms with Crippen LogP contribution in [0.15, 0.2) is 57.9 Å². The molecule has 106 valence electrons. The highest BCUT2D eigenvalue weighted by Crippen LogP contribution is 2.22. The normalized spacial score (nSPS) is 11.8. The Morgan fingerprint density at radius 3 is 2.35 bits per heavy atom. The molecule has 0 unspecified atom stereocenters. The minimum absolute atomic E-state index is 0.165. The topological polar surface area (TPSA) is 37.4 Å². The van der Waals surface area contributed by atoms with Gasteiger partial charge in [0.1, 0.15) is 10.7 Å². The van der Waals surface area contributed by atoms with Crippen LogP contribution in [-0.4, -0.2) is 19.8 Å². The monoisotopic (exact) mass is 357 g/mol. The van der Waals surface area contributed by atoms with Crippen LogP contribution in [-0.2, 0) is 16.6 Å². The Balaban J connectivity index is 2.31. The summed E-state index contributed by atoms with van der Waals surface area (Å²) in [6.07, 6.45) is 0. The van der Waals surface area contributed by atoms with Crippen LogP contribution >= 0.6 is 15.9 Å². The van der Waals surface area contributed by atoms with E-state index in [1.54, 1.807) is 0 Å². The number of rotatable bonds is 4. The summed E-state index contributed by atoms with van der Waals surface area (Å²) in [4.78, 5) is -0.311. The summed E-state index contributed by atoms with van der Waals surface area (Å²) in [5, 5.41) is 0. The molecule has 0 spiro atoms. The Bertz CT molecular complexity index is 719. The molecule has 0 aromatic heterocycles. The number of benzene rings is 2. The lowest BCUT2D eigenvalue weighted by atomic mass is 10.2. The molecule has 0 aliphatic carbocycles. The fraction of sp³-hybridized carbons (Fsp3) is 0.143. The van der Waals surface area contributed by atoms with Crippen molar-refractivity contribution in [2.75, 3.05) is 7.05 Å². The first kappa shape index (κ1) is 15.2. The molecule has 3 nitrogen and oxygen atoms in total. The van der Waals surface area contributed by atoms with Gasteiger partial charge in [-0.3, -0.25) is 0 Å². The minimum Gasteiger partial charge on any atom is -0.207 e. The maximum Gasteiger partial charge on any atom is 0.246 e. The number of hydrogen-bond acceptors (Lipinski definition) is 2. The molecular weight excluding hydrogens is 345 g/mol. The number of nitrogens with zero attached hydrogens (tertiary/aromatic N) is 1. The van der Waals surface area contributed by atoms with Crippen molar-refractivity contribution < 1.29 is 12.8 Å². The third kappa shape index (κ3) is 3.08. The van der Waals surface area contributed by atoms with Gasteiger partial charge >= 0.3 is 0 Å². The summed E-state index contributed by atoms with van der Waals surface area (Å²) in [5.74, 6) is -0.744. The smallest absolute Gasteiger partial charge is 0.207 e. The van der Waals surface area contributed by atoms with E-state index in [-0.39, 0.29) is 11.4 Å². The van der Waals surface area contributed by atoms with Crippen LogP contribution in [0.2, 0.25) is 0 Å². The molecule has 0 radical (unpaired) electrons. The fourth-order valence-electron chi connectivity index (χ4n) is 1.77. The van der Waals surface area contributed by atoms with Gasteiger partial charge in [0.05, 0.1) is 0 Å². The summed E-state index contributed by atoms with van der Waals surface area (Å²) in [6.45, 7) is 0.165. The summed E-state index contributed by atoms with van der Waals surface area (Å²) in [5.41, 5.74) is 0.815. The van der Waals surface area contributed by atoms with Crippen molar-refractivity contribution in [1.82, 2.24) is 4.31 Å². The highest BCUT2D eigenvalue weighted by atomic mass is 79.9. The van der Waals surface area contributed by atoms with Gasteiger partial charge in [-0.15, -0.1) is 0 Å². The highest BCUT2D eigenvalue weighted by molar-refractivity contribution is 9.10. The third-order valence-corrected chi connectivity index (χ3v) is 5.49. The minimum atomic E-state index is -3.85. The molecule has 0 N–H and O–H groups in total. The lowest BCUT2D eigenvalue weighted by Crippen LogP contribution is -2.27. The van der Waals surface area contributed by atoms with Crippen LogP contribution in [0.1, 0.15) is 5.56 Å². The van der Waals surface area contributed by atoms with E-state index in [0.717, 1.165) is 20.4 Å². The Morgan fingerprint density at radius 2 is 1.70 bits per heavy atom. The molecule has 0 aliphatic rings. The first-order valence-corrected chi connectivity index (χ1v) is 8.10. The molecule has 0 aliphatic heterocycles. The van der Waals surface area contributed by atoms with Gasteiger partial charge in [-0.05, 0) is 23.8 Å². The number of sulfonamides is 1. The Labute approximate surface area is 126 Å². The summed E-state index contributed by atoms with van der Waals surface area (Å²) in [6, 6.07) is 12.7. The van der Waals surface area contributed by atoms with E-state index >= 15 is 0 Å². The van der Waals surface area contributed by atoms with Crippen LogP contribution in [0.25, 0.3) is 0 Å². The quantitative estimate of drug-likeness (QED) is 0.840. The van der Waals surface area contributed by atoms with Gasteiger partial charge in [-0.1, -0.05) is 46.3 Å². The first-order valence-electron chi connectivity index (χ1n) is 5.87. The number of halogens is 2. The zero-order valence-corrected chi connectivity index (χ0v) is 13.2. The summed E-state index contributed by atoms with van der Waals surface area (Å²) < 4.78 is 40.3. The lowest BCUT2D eigenvalue weighted by molar-refractivity contribution is 0.459. The fourth-order valence-corrected chi connectivity index (χ4v) is 3.39. The maximum absolute atomic E-state index is 13.6. The van der Waals surface area contributed by atoms with Gasteiger partial charge in [-0.25, -0.2) is 12.8 Å². The molecule has 20 heavy (non-hydrogen) atoms. The van der Waals surface area contributed by atoms with Crippen molar-refractivity contribution in [2.24, 2.45) is 0 Å². The van der Waals surface area contributed by atoms with E-state index in [0.29, 0.717) is 0 Å². The lowest BCUT2D eigenvalue weighted by Gasteiger charge is -2.18. The van der Waals surface area contributed by atoms with Crippen LogP contribution in [0.3, 0.4) is 0 Å². The molecule has 2 aromatic rings. The van der Waals surface area contributed by atoms with Crippen LogP contribution in [0.5, 0.6) is 0 Å². The van der Waals surface area contributed by atoms with Crippen molar-refractivity contribution in [3.63, 3.8) is 0 Å². The molecule has 0 heterocycles. The zero-order valence-electron chi connectivity index (χ0n) is 10.8. The van der Waals surface area contributed by atoms with E-state index in [2.05, 4.69) is 15.9 Å². The molecule has 0 saturated carbocycles. The van der Waals surface area contributed by atoms with Gasteiger partial charge in [0.15, 0.2) is 0 Å². The largest absolute Gasteiger partial charge is 0.246 e. The second-order valence-electron chi connectivity index (χ2n) is 4.28. The van der Waals surface area contributed by atoms with Crippen molar-refractivity contribution in [1.29, 1.82) is 0 Å². The maximum atomic E-state index is 13.6. The Hall–Kier alpha value is -1.24. The van der Waals surface area contributed by atoms with Crippen molar-refractivity contribution in [3.8, 4) is 0 Å². The number of hydrogen-bond donors (Lipinski definition) is 0. The molecular formula is C14H13BrFNO2S. The second-order valence-corrected chi connectivity index (χ2v) is 7.15. The van der Waals surface area contributed by atoms with Crippen molar-refractivity contribution in [2.45, 2.75) is 11.4 Å². The van der Waals surface area contributed by atoms with Gasteiger partial charge in [0, 0.05) is 18.1 Å².